The Kier molecular flexibility index (Phi) is 4.84. The molecule has 8 heteroatoms. The zero-order valence-electron chi connectivity index (χ0n) is 15.1. The van der Waals surface area contributed by atoms with Gasteiger partial charge in [0.05, 0.1) is 11.3 Å². The molecule has 3 heterocycles. The second-order valence-corrected chi connectivity index (χ2v) is 8.05. The van der Waals surface area contributed by atoms with E-state index in [1.54, 1.807) is 11.3 Å². The number of thiophene rings is 1. The van der Waals surface area contributed by atoms with Crippen LogP contribution in [0.15, 0.2) is 41.2 Å². The van der Waals surface area contributed by atoms with Gasteiger partial charge >= 0.3 is 6.18 Å². The summed E-state index contributed by atoms with van der Waals surface area (Å²) in [6, 6.07) is 12.3. The number of halogens is 3. The number of benzene rings is 1. The third kappa shape index (κ3) is 3.74. The fourth-order valence-electron chi connectivity index (χ4n) is 3.43. The molecule has 28 heavy (non-hydrogen) atoms. The van der Waals surface area contributed by atoms with Crippen LogP contribution in [-0.4, -0.2) is 21.4 Å². The van der Waals surface area contributed by atoms with Crippen LogP contribution in [0.2, 0.25) is 0 Å². The average Bonchev–Trinajstić information content (AvgIpc) is 3.10. The first kappa shape index (κ1) is 18.9. The van der Waals surface area contributed by atoms with E-state index in [2.05, 4.69) is 41.1 Å². The Labute approximate surface area is 163 Å². The Bertz CT molecular complexity index is 1070. The molecule has 4 nitrogen and oxygen atoms in total. The van der Waals surface area contributed by atoms with Gasteiger partial charge in [-0.05, 0) is 30.2 Å². The molecule has 0 atom stereocenters. The molecule has 0 bridgehead atoms. The van der Waals surface area contributed by atoms with Crippen LogP contribution in [0.25, 0.3) is 10.4 Å². The maximum absolute atomic E-state index is 12.8. The third-order valence-corrected chi connectivity index (χ3v) is 5.97. The van der Waals surface area contributed by atoms with Gasteiger partial charge in [0, 0.05) is 35.8 Å². The lowest BCUT2D eigenvalue weighted by molar-refractivity contribution is -0.145. The van der Waals surface area contributed by atoms with Crippen molar-refractivity contribution in [3.05, 3.63) is 74.3 Å². The van der Waals surface area contributed by atoms with E-state index in [9.17, 15) is 18.0 Å². The summed E-state index contributed by atoms with van der Waals surface area (Å²) >= 11 is 1.69. The molecule has 0 aliphatic carbocycles. The highest BCUT2D eigenvalue weighted by Gasteiger charge is 2.35. The lowest BCUT2D eigenvalue weighted by Crippen LogP contribution is -2.36. The van der Waals surface area contributed by atoms with Gasteiger partial charge in [0.2, 0.25) is 5.82 Å². The molecule has 146 valence electrons. The number of H-pyrrole nitrogens is 1. The Morgan fingerprint density at radius 1 is 1.21 bits per heavy atom. The van der Waals surface area contributed by atoms with E-state index in [0.717, 1.165) is 4.88 Å². The van der Waals surface area contributed by atoms with Crippen LogP contribution in [0, 0.1) is 6.92 Å². The number of aryl methyl sites for hydroxylation is 1. The van der Waals surface area contributed by atoms with Crippen LogP contribution < -0.4 is 5.56 Å². The third-order valence-electron chi connectivity index (χ3n) is 4.87. The quantitative estimate of drug-likeness (QED) is 0.703. The van der Waals surface area contributed by atoms with Crippen LogP contribution >= 0.6 is 11.3 Å². The van der Waals surface area contributed by atoms with Gasteiger partial charge < -0.3 is 4.98 Å². The number of fused-ring (bicyclic) bond motifs is 1. The fourth-order valence-corrected chi connectivity index (χ4v) is 4.57. The first-order valence-electron chi connectivity index (χ1n) is 8.87. The summed E-state index contributed by atoms with van der Waals surface area (Å²) in [6.07, 6.45) is -4.31. The Balaban J connectivity index is 1.52. The summed E-state index contributed by atoms with van der Waals surface area (Å²) in [7, 11) is 0. The van der Waals surface area contributed by atoms with Gasteiger partial charge in [0.1, 0.15) is 0 Å². The molecule has 0 saturated carbocycles. The molecular weight excluding hydrogens is 387 g/mol. The molecule has 1 N–H and O–H groups in total. The van der Waals surface area contributed by atoms with Crippen LogP contribution in [0.3, 0.4) is 0 Å². The summed E-state index contributed by atoms with van der Waals surface area (Å²) < 4.78 is 38.5. The first-order valence-corrected chi connectivity index (χ1v) is 9.69. The number of hydrogen-bond donors (Lipinski definition) is 1. The van der Waals surface area contributed by atoms with E-state index in [0.29, 0.717) is 31.6 Å². The van der Waals surface area contributed by atoms with E-state index in [4.69, 9.17) is 0 Å². The van der Waals surface area contributed by atoms with Crippen LogP contribution in [0.4, 0.5) is 13.2 Å². The lowest BCUT2D eigenvalue weighted by Gasteiger charge is -2.27. The SMILES string of the molecule is Cc1ccccc1-c1ccc(CN2CCc3nc(C(F)(F)F)[nH]c(=O)c3C2)s1. The second kappa shape index (κ2) is 7.18. The van der Waals surface area contributed by atoms with Gasteiger partial charge in [-0.3, -0.25) is 9.69 Å². The molecule has 0 unspecified atom stereocenters. The normalized spacial score (nSPS) is 14.9. The van der Waals surface area contributed by atoms with Gasteiger partial charge in [0.25, 0.3) is 5.56 Å². The topological polar surface area (TPSA) is 49.0 Å². The van der Waals surface area contributed by atoms with Crippen molar-refractivity contribution in [3.63, 3.8) is 0 Å². The largest absolute Gasteiger partial charge is 0.449 e. The summed E-state index contributed by atoms with van der Waals surface area (Å²) in [6.45, 7) is 3.59. The molecule has 1 aromatic carbocycles. The van der Waals surface area contributed by atoms with Crippen LogP contribution in [0.5, 0.6) is 0 Å². The van der Waals surface area contributed by atoms with Crippen molar-refractivity contribution in [1.82, 2.24) is 14.9 Å². The number of nitrogens with one attached hydrogen (secondary N) is 1. The van der Waals surface area contributed by atoms with Gasteiger partial charge in [-0.2, -0.15) is 13.2 Å². The molecule has 0 saturated heterocycles. The van der Waals surface area contributed by atoms with Gasteiger partial charge in [-0.1, -0.05) is 24.3 Å². The molecule has 3 aromatic rings. The van der Waals surface area contributed by atoms with E-state index in [-0.39, 0.29) is 5.69 Å². The number of alkyl halides is 3. The second-order valence-electron chi connectivity index (χ2n) is 6.88. The highest BCUT2D eigenvalue weighted by atomic mass is 32.1. The molecule has 2 aromatic heterocycles. The number of aromatic nitrogens is 2. The minimum absolute atomic E-state index is 0.249. The maximum Gasteiger partial charge on any atom is 0.449 e. The minimum Gasteiger partial charge on any atom is -0.303 e. The molecule has 0 amide bonds. The molecule has 4 rings (SSSR count). The van der Waals surface area contributed by atoms with E-state index >= 15 is 0 Å². The molecule has 1 aliphatic rings. The summed E-state index contributed by atoms with van der Waals surface area (Å²) in [4.78, 5) is 22.0. The molecular formula is C20H18F3N3OS. The predicted molar refractivity (Wildman–Crippen MR) is 102 cm³/mol. The zero-order chi connectivity index (χ0) is 19.9. The molecule has 1 aliphatic heterocycles. The highest BCUT2D eigenvalue weighted by molar-refractivity contribution is 7.15. The molecule has 0 spiro atoms. The maximum atomic E-state index is 12.8. The van der Waals surface area contributed by atoms with Crippen molar-refractivity contribution in [1.29, 1.82) is 0 Å². The Morgan fingerprint density at radius 3 is 2.75 bits per heavy atom. The van der Waals surface area contributed by atoms with Crippen molar-refractivity contribution in [2.45, 2.75) is 32.6 Å². The van der Waals surface area contributed by atoms with Crippen molar-refractivity contribution in [2.75, 3.05) is 6.54 Å². The number of hydrogen-bond acceptors (Lipinski definition) is 4. The van der Waals surface area contributed by atoms with Gasteiger partial charge in [0.15, 0.2) is 0 Å². The van der Waals surface area contributed by atoms with Crippen molar-refractivity contribution < 1.29 is 13.2 Å². The van der Waals surface area contributed by atoms with E-state index < -0.39 is 17.6 Å². The minimum atomic E-state index is -4.64. The smallest absolute Gasteiger partial charge is 0.303 e. The molecule has 0 fully saturated rings. The first-order chi connectivity index (χ1) is 13.3. The lowest BCUT2D eigenvalue weighted by atomic mass is 10.1. The number of aromatic amines is 1. The van der Waals surface area contributed by atoms with E-state index in [1.807, 2.05) is 17.1 Å². The molecule has 0 radical (unpaired) electrons. The van der Waals surface area contributed by atoms with Crippen molar-refractivity contribution in [2.24, 2.45) is 0 Å². The zero-order valence-corrected chi connectivity index (χ0v) is 16.0. The van der Waals surface area contributed by atoms with Gasteiger partial charge in [-0.15, -0.1) is 11.3 Å². The van der Waals surface area contributed by atoms with Gasteiger partial charge in [-0.25, -0.2) is 4.98 Å². The predicted octanol–water partition coefficient (Wildman–Crippen LogP) is 4.38. The highest BCUT2D eigenvalue weighted by Crippen LogP contribution is 2.32. The van der Waals surface area contributed by atoms with Crippen LogP contribution in [-0.2, 0) is 25.7 Å². The number of nitrogens with zero attached hydrogens (tertiary/aromatic N) is 2. The standard InChI is InChI=1S/C20H18F3N3OS/c1-12-4-2-3-5-14(12)17-7-6-13(28-17)10-26-9-8-16-15(11-26)18(27)25-19(24-16)20(21,22)23/h2-7H,8-11H2,1H3,(H,24,25,27). The summed E-state index contributed by atoms with van der Waals surface area (Å²) in [5, 5.41) is 0. The number of rotatable bonds is 3. The van der Waals surface area contributed by atoms with E-state index in [1.165, 1.54) is 16.0 Å². The van der Waals surface area contributed by atoms with Crippen molar-refractivity contribution >= 4 is 11.3 Å². The fraction of sp³-hybridized carbons (Fsp3) is 0.300. The summed E-state index contributed by atoms with van der Waals surface area (Å²) in [5.74, 6) is -1.22. The Hall–Kier alpha value is -2.45. The monoisotopic (exact) mass is 405 g/mol. The average molecular weight is 405 g/mol. The van der Waals surface area contributed by atoms with Crippen LogP contribution in [0.1, 0.15) is 27.5 Å². The summed E-state index contributed by atoms with van der Waals surface area (Å²) in [5.41, 5.74) is 2.28. The Morgan fingerprint density at radius 2 is 2.00 bits per heavy atom. The van der Waals surface area contributed by atoms with Crippen molar-refractivity contribution in [3.8, 4) is 10.4 Å².